The van der Waals surface area contributed by atoms with Crippen LogP contribution in [0.2, 0.25) is 0 Å². The number of hydrogen-bond acceptors (Lipinski definition) is 6. The van der Waals surface area contributed by atoms with Crippen molar-refractivity contribution in [2.24, 2.45) is 11.8 Å². The van der Waals surface area contributed by atoms with Gasteiger partial charge in [-0.1, -0.05) is 11.6 Å². The number of hydrogen-bond donors (Lipinski definition) is 1. The number of anilines is 1. The second kappa shape index (κ2) is 8.06. The first-order valence-corrected chi connectivity index (χ1v) is 8.62. The Balaban J connectivity index is 1.64. The van der Waals surface area contributed by atoms with Crippen LogP contribution in [0.1, 0.15) is 13.3 Å². The van der Waals surface area contributed by atoms with Crippen LogP contribution in [0.5, 0.6) is 5.75 Å². The molecule has 1 N–H and O–H groups in total. The average molecular weight is 413 g/mol. The highest BCUT2D eigenvalue weighted by Gasteiger charge is 2.44. The number of ether oxygens (including phenoxy) is 4. The van der Waals surface area contributed by atoms with Crippen LogP contribution >= 0.6 is 0 Å². The van der Waals surface area contributed by atoms with Crippen LogP contribution in [-0.2, 0) is 19.0 Å². The summed E-state index contributed by atoms with van der Waals surface area (Å²) in [5.41, 5.74) is 1.49. The van der Waals surface area contributed by atoms with Crippen LogP contribution in [0.25, 0.3) is 0 Å². The SMILES string of the molecule is COC(=O)C1=COC(OC(=O)Nc2ccc(OC(F)(F)F)cc2)C2C(C)=CCC12. The number of alkyl halides is 3. The highest BCUT2D eigenvalue weighted by atomic mass is 19.4. The first-order chi connectivity index (χ1) is 13.7. The lowest BCUT2D eigenvalue weighted by molar-refractivity contribution is -0.274. The van der Waals surface area contributed by atoms with Crippen LogP contribution in [-0.4, -0.2) is 31.8 Å². The minimum Gasteiger partial charge on any atom is -0.466 e. The Morgan fingerprint density at radius 1 is 1.21 bits per heavy atom. The Morgan fingerprint density at radius 2 is 1.90 bits per heavy atom. The number of esters is 1. The number of carbonyl (C=O) groups is 2. The minimum absolute atomic E-state index is 0.210. The van der Waals surface area contributed by atoms with Crippen molar-refractivity contribution in [1.82, 2.24) is 0 Å². The van der Waals surface area contributed by atoms with Gasteiger partial charge in [0.1, 0.15) is 5.75 Å². The van der Waals surface area contributed by atoms with Crippen molar-refractivity contribution in [2.45, 2.75) is 26.0 Å². The molecule has 10 heteroatoms. The molecular formula is C19H18F3NO6. The second-order valence-corrected chi connectivity index (χ2v) is 6.49. The summed E-state index contributed by atoms with van der Waals surface area (Å²) >= 11 is 0. The van der Waals surface area contributed by atoms with Gasteiger partial charge < -0.3 is 18.9 Å². The number of allylic oxidation sites excluding steroid dienone is 1. The van der Waals surface area contributed by atoms with Gasteiger partial charge in [0, 0.05) is 11.6 Å². The molecule has 1 amide bonds. The predicted octanol–water partition coefficient (Wildman–Crippen LogP) is 4.13. The van der Waals surface area contributed by atoms with E-state index < -0.39 is 30.5 Å². The van der Waals surface area contributed by atoms with Crippen LogP contribution in [0.15, 0.2) is 47.7 Å². The Bertz CT molecular complexity index is 846. The number of fused-ring (bicyclic) bond motifs is 1. The van der Waals surface area contributed by atoms with Gasteiger partial charge in [-0.3, -0.25) is 5.32 Å². The number of benzene rings is 1. The van der Waals surface area contributed by atoms with E-state index in [2.05, 4.69) is 10.1 Å². The fourth-order valence-electron chi connectivity index (χ4n) is 3.36. The number of halogens is 3. The van der Waals surface area contributed by atoms with Gasteiger partial charge in [0.05, 0.1) is 24.9 Å². The maximum absolute atomic E-state index is 12.2. The van der Waals surface area contributed by atoms with Crippen molar-refractivity contribution in [3.8, 4) is 5.75 Å². The van der Waals surface area contributed by atoms with E-state index in [9.17, 15) is 22.8 Å². The molecule has 7 nitrogen and oxygen atoms in total. The van der Waals surface area contributed by atoms with E-state index in [1.165, 1.54) is 25.5 Å². The zero-order chi connectivity index (χ0) is 21.2. The lowest BCUT2D eigenvalue weighted by Crippen LogP contribution is -2.38. The monoisotopic (exact) mass is 413 g/mol. The molecule has 1 aromatic carbocycles. The van der Waals surface area contributed by atoms with Gasteiger partial charge in [-0.25, -0.2) is 9.59 Å². The Labute approximate surface area is 164 Å². The van der Waals surface area contributed by atoms with Crippen LogP contribution in [0, 0.1) is 11.8 Å². The molecule has 0 bridgehead atoms. The van der Waals surface area contributed by atoms with Crippen molar-refractivity contribution < 1.29 is 41.7 Å². The summed E-state index contributed by atoms with van der Waals surface area (Å²) in [5.74, 6) is -1.50. The lowest BCUT2D eigenvalue weighted by atomic mass is 9.84. The molecule has 3 rings (SSSR count). The van der Waals surface area contributed by atoms with E-state index in [4.69, 9.17) is 14.2 Å². The highest BCUT2D eigenvalue weighted by Crippen LogP contribution is 2.43. The van der Waals surface area contributed by atoms with Gasteiger partial charge in [0.25, 0.3) is 6.29 Å². The summed E-state index contributed by atoms with van der Waals surface area (Å²) in [6, 6.07) is 4.60. The molecule has 1 aliphatic carbocycles. The fourth-order valence-corrected chi connectivity index (χ4v) is 3.36. The topological polar surface area (TPSA) is 83.1 Å². The third kappa shape index (κ3) is 4.82. The van der Waals surface area contributed by atoms with Crippen molar-refractivity contribution in [3.05, 3.63) is 47.7 Å². The summed E-state index contributed by atoms with van der Waals surface area (Å²) in [6.45, 7) is 1.85. The van der Waals surface area contributed by atoms with Gasteiger partial charge >= 0.3 is 18.4 Å². The molecule has 3 unspecified atom stereocenters. The maximum atomic E-state index is 12.2. The molecule has 2 aliphatic rings. The first kappa shape index (κ1) is 20.6. The standard InChI is InChI=1S/C19H18F3NO6/c1-10-3-8-13-14(16(24)26-2)9-27-17(15(10)13)28-18(25)23-11-4-6-12(7-5-11)29-19(20,21)22/h3-7,9,13,15,17H,8H2,1-2H3,(H,23,25). The molecule has 0 fully saturated rings. The summed E-state index contributed by atoms with van der Waals surface area (Å²) in [4.78, 5) is 24.1. The Hall–Kier alpha value is -3.17. The first-order valence-electron chi connectivity index (χ1n) is 8.62. The normalized spacial score (nSPS) is 23.1. The summed E-state index contributed by atoms with van der Waals surface area (Å²) < 4.78 is 55.9. The Morgan fingerprint density at radius 3 is 2.52 bits per heavy atom. The van der Waals surface area contributed by atoms with Crippen LogP contribution < -0.4 is 10.1 Å². The highest BCUT2D eigenvalue weighted by molar-refractivity contribution is 5.89. The zero-order valence-electron chi connectivity index (χ0n) is 15.5. The molecule has 0 spiro atoms. The Kier molecular flexibility index (Phi) is 5.71. The predicted molar refractivity (Wildman–Crippen MR) is 93.6 cm³/mol. The van der Waals surface area contributed by atoms with E-state index in [0.29, 0.717) is 12.0 Å². The maximum Gasteiger partial charge on any atom is 0.573 e. The van der Waals surface area contributed by atoms with Crippen molar-refractivity contribution in [2.75, 3.05) is 12.4 Å². The third-order valence-corrected chi connectivity index (χ3v) is 4.65. The molecule has 1 aliphatic heterocycles. The molecule has 0 radical (unpaired) electrons. The van der Waals surface area contributed by atoms with Crippen molar-refractivity contribution in [1.29, 1.82) is 0 Å². The molecule has 0 saturated heterocycles. The summed E-state index contributed by atoms with van der Waals surface area (Å²) in [6.07, 6.45) is -2.85. The van der Waals surface area contributed by atoms with Crippen LogP contribution in [0.3, 0.4) is 0 Å². The fraction of sp³-hybridized carbons (Fsp3) is 0.368. The quantitative estimate of drug-likeness (QED) is 0.590. The van der Waals surface area contributed by atoms with E-state index in [1.807, 2.05) is 13.0 Å². The minimum atomic E-state index is -4.80. The number of nitrogens with one attached hydrogen (secondary N) is 1. The molecule has 156 valence electrons. The van der Waals surface area contributed by atoms with E-state index in [0.717, 1.165) is 17.7 Å². The van der Waals surface area contributed by atoms with Gasteiger partial charge in [-0.15, -0.1) is 13.2 Å². The van der Waals surface area contributed by atoms with Crippen molar-refractivity contribution >= 4 is 17.7 Å². The van der Waals surface area contributed by atoms with Gasteiger partial charge in [-0.2, -0.15) is 0 Å². The smallest absolute Gasteiger partial charge is 0.466 e. The van der Waals surface area contributed by atoms with Gasteiger partial charge in [-0.05, 0) is 37.6 Å². The van der Waals surface area contributed by atoms with Crippen molar-refractivity contribution in [3.63, 3.8) is 0 Å². The number of methoxy groups -OCH3 is 1. The number of carbonyl (C=O) groups excluding carboxylic acids is 2. The van der Waals surface area contributed by atoms with Gasteiger partial charge in [0.15, 0.2) is 0 Å². The van der Waals surface area contributed by atoms with E-state index in [-0.39, 0.29) is 17.5 Å². The number of rotatable bonds is 4. The summed E-state index contributed by atoms with van der Waals surface area (Å²) in [5, 5.41) is 2.41. The van der Waals surface area contributed by atoms with E-state index in [1.54, 1.807) is 0 Å². The second-order valence-electron chi connectivity index (χ2n) is 6.49. The largest absolute Gasteiger partial charge is 0.573 e. The molecule has 0 saturated carbocycles. The molecule has 29 heavy (non-hydrogen) atoms. The zero-order valence-corrected chi connectivity index (χ0v) is 15.5. The number of amides is 1. The molecule has 1 aromatic rings. The van der Waals surface area contributed by atoms with E-state index >= 15 is 0 Å². The lowest BCUT2D eigenvalue weighted by Gasteiger charge is -2.33. The molecule has 3 atom stereocenters. The molecule has 0 aromatic heterocycles. The van der Waals surface area contributed by atoms with Gasteiger partial charge in [0.2, 0.25) is 0 Å². The third-order valence-electron chi connectivity index (χ3n) is 4.65. The average Bonchev–Trinajstić information content (AvgIpc) is 3.04. The molecule has 1 heterocycles. The molecular weight excluding hydrogens is 395 g/mol. The van der Waals surface area contributed by atoms with Crippen LogP contribution in [0.4, 0.5) is 23.7 Å². The summed E-state index contributed by atoms with van der Waals surface area (Å²) in [7, 11) is 1.27.